The first-order valence-electron chi connectivity index (χ1n) is 6.65. The summed E-state index contributed by atoms with van der Waals surface area (Å²) >= 11 is 3.17. The second-order valence-corrected chi connectivity index (χ2v) is 4.92. The molecule has 0 bridgehead atoms. The zero-order valence-electron chi connectivity index (χ0n) is 12.5. The van der Waals surface area contributed by atoms with Crippen LogP contribution in [-0.4, -0.2) is 30.1 Å². The Labute approximate surface area is 140 Å². The number of benzene rings is 1. The van der Waals surface area contributed by atoms with Gasteiger partial charge in [-0.3, -0.25) is 10.1 Å². The van der Waals surface area contributed by atoms with Gasteiger partial charge in [0.15, 0.2) is 5.57 Å². The number of non-ortho nitro benzene ring substituents is 1. The molecule has 1 aromatic rings. The van der Waals surface area contributed by atoms with Crippen LogP contribution >= 0.6 is 15.9 Å². The minimum absolute atomic E-state index is 0.0950. The number of nitro groups is 1. The standard InChI is InChI=1S/C14H15BrN2O6/c1-3-22-13(18)10(14(19)23-4-2)8-16-12-6-5-9(17(20)21)7-11(12)15/h5-8,16H,3-4H2,1-2H3. The molecule has 0 aromatic heterocycles. The largest absolute Gasteiger partial charge is 0.462 e. The molecule has 0 heterocycles. The lowest BCUT2D eigenvalue weighted by molar-refractivity contribution is -0.384. The molecule has 0 radical (unpaired) electrons. The highest BCUT2D eigenvalue weighted by Crippen LogP contribution is 2.27. The van der Waals surface area contributed by atoms with Crippen molar-refractivity contribution in [2.24, 2.45) is 0 Å². The van der Waals surface area contributed by atoms with Crippen LogP contribution in [0.4, 0.5) is 11.4 Å². The van der Waals surface area contributed by atoms with Gasteiger partial charge in [0.05, 0.1) is 23.8 Å². The number of nitrogens with zero attached hydrogens (tertiary/aromatic N) is 1. The molecule has 0 saturated heterocycles. The molecular formula is C14H15BrN2O6. The van der Waals surface area contributed by atoms with E-state index in [9.17, 15) is 19.7 Å². The molecule has 8 nitrogen and oxygen atoms in total. The van der Waals surface area contributed by atoms with Gasteiger partial charge in [-0.1, -0.05) is 0 Å². The molecule has 0 aliphatic carbocycles. The van der Waals surface area contributed by atoms with Crippen LogP contribution in [0, 0.1) is 10.1 Å². The zero-order valence-corrected chi connectivity index (χ0v) is 14.1. The summed E-state index contributed by atoms with van der Waals surface area (Å²) in [5, 5.41) is 13.4. The minimum atomic E-state index is -0.823. The maximum atomic E-state index is 11.8. The second kappa shape index (κ2) is 8.89. The Hall–Kier alpha value is -2.42. The Bertz CT molecular complexity index is 624. The SMILES string of the molecule is CCOC(=O)C(=CNc1ccc([N+](=O)[O-])cc1Br)C(=O)OCC. The highest BCUT2D eigenvalue weighted by molar-refractivity contribution is 9.10. The molecule has 1 rings (SSSR count). The van der Waals surface area contributed by atoms with Crippen molar-refractivity contribution < 1.29 is 24.0 Å². The summed E-state index contributed by atoms with van der Waals surface area (Å²) in [5.74, 6) is -1.65. The van der Waals surface area contributed by atoms with Crippen LogP contribution in [0.2, 0.25) is 0 Å². The Kier molecular flexibility index (Phi) is 7.20. The Morgan fingerprint density at radius 1 is 1.26 bits per heavy atom. The van der Waals surface area contributed by atoms with Gasteiger partial charge >= 0.3 is 11.9 Å². The fourth-order valence-electron chi connectivity index (χ4n) is 1.50. The van der Waals surface area contributed by atoms with E-state index in [1.54, 1.807) is 13.8 Å². The number of ether oxygens (including phenoxy) is 2. The maximum Gasteiger partial charge on any atom is 0.347 e. The summed E-state index contributed by atoms with van der Waals surface area (Å²) in [6, 6.07) is 4.02. The molecule has 0 aliphatic rings. The third-order valence-electron chi connectivity index (χ3n) is 2.53. The van der Waals surface area contributed by atoms with Gasteiger partial charge < -0.3 is 14.8 Å². The first-order chi connectivity index (χ1) is 10.9. The van der Waals surface area contributed by atoms with Crippen molar-refractivity contribution in [3.63, 3.8) is 0 Å². The summed E-state index contributed by atoms with van der Waals surface area (Å²) in [4.78, 5) is 33.7. The van der Waals surface area contributed by atoms with Crippen LogP contribution in [0.15, 0.2) is 34.4 Å². The van der Waals surface area contributed by atoms with Gasteiger partial charge in [-0.05, 0) is 35.8 Å². The van der Waals surface area contributed by atoms with Crippen molar-refractivity contribution in [2.45, 2.75) is 13.8 Å². The van der Waals surface area contributed by atoms with E-state index in [4.69, 9.17) is 9.47 Å². The van der Waals surface area contributed by atoms with Gasteiger partial charge in [-0.25, -0.2) is 9.59 Å². The number of anilines is 1. The monoisotopic (exact) mass is 386 g/mol. The molecule has 0 saturated carbocycles. The van der Waals surface area contributed by atoms with Gasteiger partial charge in [0.1, 0.15) is 0 Å². The average Bonchev–Trinajstić information content (AvgIpc) is 2.49. The van der Waals surface area contributed by atoms with E-state index < -0.39 is 16.9 Å². The van der Waals surface area contributed by atoms with Crippen molar-refractivity contribution >= 4 is 39.2 Å². The van der Waals surface area contributed by atoms with Crippen molar-refractivity contribution in [3.8, 4) is 0 Å². The molecule has 23 heavy (non-hydrogen) atoms. The molecule has 0 fully saturated rings. The van der Waals surface area contributed by atoms with Gasteiger partial charge in [-0.15, -0.1) is 0 Å². The third-order valence-corrected chi connectivity index (χ3v) is 3.18. The van der Waals surface area contributed by atoms with Crippen molar-refractivity contribution in [3.05, 3.63) is 44.6 Å². The van der Waals surface area contributed by atoms with E-state index in [0.29, 0.717) is 10.2 Å². The molecule has 124 valence electrons. The highest BCUT2D eigenvalue weighted by atomic mass is 79.9. The van der Waals surface area contributed by atoms with Crippen LogP contribution < -0.4 is 5.32 Å². The van der Waals surface area contributed by atoms with E-state index in [1.165, 1.54) is 18.2 Å². The number of hydrogen-bond acceptors (Lipinski definition) is 7. The quantitative estimate of drug-likeness (QED) is 0.191. The summed E-state index contributed by atoms with van der Waals surface area (Å²) in [6.45, 7) is 3.44. The molecule has 0 amide bonds. The predicted octanol–water partition coefficient (Wildman–Crippen LogP) is 2.78. The fourth-order valence-corrected chi connectivity index (χ4v) is 1.98. The van der Waals surface area contributed by atoms with Crippen molar-refractivity contribution in [1.29, 1.82) is 0 Å². The Balaban J connectivity index is 3.02. The van der Waals surface area contributed by atoms with Crippen LogP contribution in [0.3, 0.4) is 0 Å². The van der Waals surface area contributed by atoms with Gasteiger partial charge in [-0.2, -0.15) is 0 Å². The topological polar surface area (TPSA) is 108 Å². The number of carbonyl (C=O) groups excluding carboxylic acids is 2. The van der Waals surface area contributed by atoms with E-state index >= 15 is 0 Å². The van der Waals surface area contributed by atoms with Crippen LogP contribution in [-0.2, 0) is 19.1 Å². The normalized spacial score (nSPS) is 9.70. The molecule has 0 atom stereocenters. The lowest BCUT2D eigenvalue weighted by Crippen LogP contribution is -2.19. The van der Waals surface area contributed by atoms with Gasteiger partial charge in [0.25, 0.3) is 5.69 Å². The first-order valence-corrected chi connectivity index (χ1v) is 7.44. The number of esters is 2. The lowest BCUT2D eigenvalue weighted by Gasteiger charge is -2.08. The van der Waals surface area contributed by atoms with E-state index in [0.717, 1.165) is 6.20 Å². The summed E-state index contributed by atoms with van der Waals surface area (Å²) in [6.07, 6.45) is 1.14. The first kappa shape index (κ1) is 18.6. The molecule has 0 unspecified atom stereocenters. The average molecular weight is 387 g/mol. The van der Waals surface area contributed by atoms with Crippen molar-refractivity contribution in [1.82, 2.24) is 0 Å². The number of halogens is 1. The van der Waals surface area contributed by atoms with E-state index in [-0.39, 0.29) is 24.5 Å². The number of nitro benzene ring substituents is 1. The second-order valence-electron chi connectivity index (χ2n) is 4.06. The van der Waals surface area contributed by atoms with Crippen LogP contribution in [0.1, 0.15) is 13.8 Å². The zero-order chi connectivity index (χ0) is 17.4. The Morgan fingerprint density at radius 3 is 2.26 bits per heavy atom. The molecule has 9 heteroatoms. The lowest BCUT2D eigenvalue weighted by atomic mass is 10.2. The molecule has 0 spiro atoms. The minimum Gasteiger partial charge on any atom is -0.462 e. The van der Waals surface area contributed by atoms with Gasteiger partial charge in [0, 0.05) is 22.8 Å². The van der Waals surface area contributed by atoms with E-state index in [2.05, 4.69) is 21.2 Å². The van der Waals surface area contributed by atoms with E-state index in [1.807, 2.05) is 0 Å². The molecule has 1 aromatic carbocycles. The number of hydrogen-bond donors (Lipinski definition) is 1. The Morgan fingerprint density at radius 2 is 1.83 bits per heavy atom. The number of rotatable bonds is 7. The number of carbonyl (C=O) groups is 2. The molecule has 0 aliphatic heterocycles. The highest BCUT2D eigenvalue weighted by Gasteiger charge is 2.21. The predicted molar refractivity (Wildman–Crippen MR) is 85.8 cm³/mol. The third kappa shape index (κ3) is 5.37. The van der Waals surface area contributed by atoms with Crippen LogP contribution in [0.5, 0.6) is 0 Å². The molecule has 1 N–H and O–H groups in total. The smallest absolute Gasteiger partial charge is 0.347 e. The molecular weight excluding hydrogens is 372 g/mol. The summed E-state index contributed by atoms with van der Waals surface area (Å²) in [7, 11) is 0. The summed E-state index contributed by atoms with van der Waals surface area (Å²) < 4.78 is 9.98. The summed E-state index contributed by atoms with van der Waals surface area (Å²) in [5.41, 5.74) is 0.0306. The number of nitrogens with one attached hydrogen (secondary N) is 1. The van der Waals surface area contributed by atoms with Gasteiger partial charge in [0.2, 0.25) is 0 Å². The maximum absolute atomic E-state index is 11.8. The van der Waals surface area contributed by atoms with Crippen LogP contribution in [0.25, 0.3) is 0 Å². The fraction of sp³-hybridized carbons (Fsp3) is 0.286. The van der Waals surface area contributed by atoms with Crippen molar-refractivity contribution in [2.75, 3.05) is 18.5 Å².